The zero-order valence-electron chi connectivity index (χ0n) is 21.8. The van der Waals surface area contributed by atoms with Crippen molar-refractivity contribution in [2.24, 2.45) is 0 Å². The molecule has 1 spiro atoms. The van der Waals surface area contributed by atoms with Crippen LogP contribution in [0.4, 0.5) is 0 Å². The lowest BCUT2D eigenvalue weighted by Gasteiger charge is -2.44. The largest absolute Gasteiger partial charge is 0.284 e. The molecule has 5 aromatic rings. The molecule has 0 aliphatic carbocycles. The summed E-state index contributed by atoms with van der Waals surface area (Å²) in [5.41, 5.74) is 11.3. The minimum absolute atomic E-state index is 0.187. The Hall–Kier alpha value is -4.04. The maximum absolute atomic E-state index is 2.64. The molecular formula is C35H32N2+2. The van der Waals surface area contributed by atoms with Crippen LogP contribution < -0.4 is 9.13 Å². The molecule has 2 aliphatic heterocycles. The van der Waals surface area contributed by atoms with Crippen molar-refractivity contribution in [3.8, 4) is 33.6 Å². The molecule has 2 aromatic heterocycles. The van der Waals surface area contributed by atoms with Crippen molar-refractivity contribution in [3.05, 3.63) is 132 Å². The minimum Gasteiger partial charge on any atom is -0.185 e. The molecule has 2 aliphatic rings. The SMILES string of the molecule is CCC1(CC)[n+]2ccccc2-c2ccccc2C12c1ccccc1-c1cc(C)c(-c3ccccc3)c[n+]12. The molecule has 0 N–H and O–H groups in total. The van der Waals surface area contributed by atoms with Crippen molar-refractivity contribution in [3.63, 3.8) is 0 Å². The van der Waals surface area contributed by atoms with Crippen molar-refractivity contribution in [2.45, 2.75) is 44.7 Å². The quantitative estimate of drug-likeness (QED) is 0.241. The van der Waals surface area contributed by atoms with E-state index in [-0.39, 0.29) is 11.1 Å². The van der Waals surface area contributed by atoms with Crippen LogP contribution in [0, 0.1) is 6.92 Å². The Labute approximate surface area is 219 Å². The number of rotatable bonds is 3. The average Bonchev–Trinajstić information content (AvgIpc) is 3.24. The van der Waals surface area contributed by atoms with Gasteiger partial charge in [-0.05, 0) is 36.2 Å². The first-order chi connectivity index (χ1) is 18.2. The number of fused-ring (bicyclic) bond motifs is 9. The van der Waals surface area contributed by atoms with Crippen LogP contribution >= 0.6 is 0 Å². The second kappa shape index (κ2) is 7.98. The van der Waals surface area contributed by atoms with Gasteiger partial charge in [0.25, 0.3) is 5.54 Å². The fourth-order valence-electron chi connectivity index (χ4n) is 7.54. The van der Waals surface area contributed by atoms with Gasteiger partial charge in [0.1, 0.15) is 0 Å². The van der Waals surface area contributed by atoms with Gasteiger partial charge in [-0.3, -0.25) is 0 Å². The highest BCUT2D eigenvalue weighted by molar-refractivity contribution is 5.76. The van der Waals surface area contributed by atoms with Gasteiger partial charge in [0.05, 0.1) is 11.1 Å². The highest BCUT2D eigenvalue weighted by Crippen LogP contribution is 2.56. The molecule has 0 bridgehead atoms. The lowest BCUT2D eigenvalue weighted by atomic mass is 9.61. The van der Waals surface area contributed by atoms with Crippen LogP contribution in [0.25, 0.3) is 33.6 Å². The third kappa shape index (κ3) is 2.65. The third-order valence-corrected chi connectivity index (χ3v) is 9.09. The van der Waals surface area contributed by atoms with Crippen LogP contribution in [0.3, 0.4) is 0 Å². The molecule has 1 unspecified atom stereocenters. The predicted molar refractivity (Wildman–Crippen MR) is 149 cm³/mol. The number of nitrogens with zero attached hydrogens (tertiary/aromatic N) is 2. The lowest BCUT2D eigenvalue weighted by molar-refractivity contribution is -0.856. The average molecular weight is 481 g/mol. The molecule has 0 fully saturated rings. The van der Waals surface area contributed by atoms with Crippen LogP contribution in [0.5, 0.6) is 0 Å². The smallest absolute Gasteiger partial charge is 0.185 e. The van der Waals surface area contributed by atoms with Gasteiger partial charge in [0.15, 0.2) is 12.4 Å². The molecule has 37 heavy (non-hydrogen) atoms. The van der Waals surface area contributed by atoms with Crippen LogP contribution in [0.15, 0.2) is 116 Å². The van der Waals surface area contributed by atoms with E-state index in [0.717, 1.165) is 12.8 Å². The first-order valence-electron chi connectivity index (χ1n) is 13.5. The van der Waals surface area contributed by atoms with Gasteiger partial charge < -0.3 is 0 Å². The molecule has 4 heterocycles. The van der Waals surface area contributed by atoms with E-state index in [1.165, 1.54) is 50.3 Å². The lowest BCUT2D eigenvalue weighted by Crippen LogP contribution is -2.78. The fourth-order valence-corrected chi connectivity index (χ4v) is 7.54. The van der Waals surface area contributed by atoms with E-state index < -0.39 is 0 Å². The van der Waals surface area contributed by atoms with Crippen LogP contribution in [-0.2, 0) is 11.1 Å². The number of aromatic nitrogens is 2. The van der Waals surface area contributed by atoms with E-state index >= 15 is 0 Å². The van der Waals surface area contributed by atoms with Gasteiger partial charge in [-0.1, -0.05) is 80.6 Å². The van der Waals surface area contributed by atoms with E-state index in [1.807, 2.05) is 0 Å². The summed E-state index contributed by atoms with van der Waals surface area (Å²) in [7, 11) is 0. The molecule has 2 heteroatoms. The first kappa shape index (κ1) is 22.2. The molecule has 2 nitrogen and oxygen atoms in total. The third-order valence-electron chi connectivity index (χ3n) is 9.09. The highest BCUT2D eigenvalue weighted by atomic mass is 15.2. The van der Waals surface area contributed by atoms with Gasteiger partial charge in [-0.2, -0.15) is 9.13 Å². The summed E-state index contributed by atoms with van der Waals surface area (Å²) in [5, 5.41) is 0. The second-order valence-corrected chi connectivity index (χ2v) is 10.5. The number of pyridine rings is 2. The molecule has 0 radical (unpaired) electrons. The Morgan fingerprint density at radius 3 is 1.86 bits per heavy atom. The van der Waals surface area contributed by atoms with Gasteiger partial charge in [-0.25, -0.2) is 0 Å². The second-order valence-electron chi connectivity index (χ2n) is 10.5. The van der Waals surface area contributed by atoms with Gasteiger partial charge >= 0.3 is 0 Å². The summed E-state index contributed by atoms with van der Waals surface area (Å²) in [5.74, 6) is 0. The van der Waals surface area contributed by atoms with Crippen LogP contribution in [0.1, 0.15) is 43.4 Å². The number of aryl methyl sites for hydroxylation is 1. The summed E-state index contributed by atoms with van der Waals surface area (Å²) in [6.45, 7) is 7.00. The van der Waals surface area contributed by atoms with Crippen LogP contribution in [0.2, 0.25) is 0 Å². The summed E-state index contributed by atoms with van der Waals surface area (Å²) < 4.78 is 5.23. The number of hydrogen-bond acceptors (Lipinski definition) is 0. The highest BCUT2D eigenvalue weighted by Gasteiger charge is 2.73. The molecule has 180 valence electrons. The maximum atomic E-state index is 2.64. The van der Waals surface area contributed by atoms with Gasteiger partial charge in [-0.15, -0.1) is 0 Å². The Morgan fingerprint density at radius 2 is 1.19 bits per heavy atom. The molecular weight excluding hydrogens is 448 g/mol. The first-order valence-corrected chi connectivity index (χ1v) is 13.5. The minimum atomic E-state index is -0.380. The van der Waals surface area contributed by atoms with E-state index in [4.69, 9.17) is 0 Å². The van der Waals surface area contributed by atoms with E-state index in [2.05, 4.69) is 145 Å². The molecule has 3 aromatic carbocycles. The van der Waals surface area contributed by atoms with Crippen molar-refractivity contribution < 1.29 is 9.13 Å². The zero-order valence-corrected chi connectivity index (χ0v) is 21.8. The van der Waals surface area contributed by atoms with Crippen molar-refractivity contribution >= 4 is 0 Å². The molecule has 7 rings (SSSR count). The summed E-state index contributed by atoms with van der Waals surface area (Å²) in [6.07, 6.45) is 6.78. The Morgan fingerprint density at radius 1 is 0.595 bits per heavy atom. The zero-order chi connectivity index (χ0) is 25.2. The van der Waals surface area contributed by atoms with E-state index in [9.17, 15) is 0 Å². The normalized spacial score (nSPS) is 18.1. The number of benzene rings is 3. The van der Waals surface area contributed by atoms with Crippen molar-refractivity contribution in [1.82, 2.24) is 0 Å². The Balaban J connectivity index is 1.70. The van der Waals surface area contributed by atoms with Crippen molar-refractivity contribution in [2.75, 3.05) is 0 Å². The standard InChI is InChI=1S/C35H32N2/c1-4-34(5-2)35(30-19-11-9-17-27(30)32-21-13-14-22-36(32)34)31-20-12-10-18-28(31)33-23-25(3)29(24-37(33)35)26-15-7-6-8-16-26/h6-24H,4-5H2,1-3H3/q+2. The summed E-state index contributed by atoms with van der Waals surface area (Å²) >= 11 is 0. The predicted octanol–water partition coefficient (Wildman–Crippen LogP) is 7.21. The fraction of sp³-hybridized carbons (Fsp3) is 0.200. The van der Waals surface area contributed by atoms with Crippen molar-refractivity contribution in [1.29, 1.82) is 0 Å². The maximum Gasteiger partial charge on any atom is 0.284 e. The Kier molecular flexibility index (Phi) is 4.78. The molecule has 0 saturated carbocycles. The molecule has 0 amide bonds. The Bertz CT molecular complexity index is 1660. The van der Waals surface area contributed by atoms with Gasteiger partial charge in [0.2, 0.25) is 16.9 Å². The van der Waals surface area contributed by atoms with Crippen LogP contribution in [-0.4, -0.2) is 0 Å². The summed E-state index contributed by atoms with van der Waals surface area (Å²) in [4.78, 5) is 0. The topological polar surface area (TPSA) is 7.76 Å². The summed E-state index contributed by atoms with van der Waals surface area (Å²) in [6, 6.07) is 38.1. The van der Waals surface area contributed by atoms with E-state index in [1.54, 1.807) is 0 Å². The monoisotopic (exact) mass is 480 g/mol. The molecule has 0 saturated heterocycles. The molecule has 1 atom stereocenters. The van der Waals surface area contributed by atoms with Gasteiger partial charge in [0, 0.05) is 47.7 Å². The number of hydrogen-bond donors (Lipinski definition) is 0. The van der Waals surface area contributed by atoms with E-state index in [0.29, 0.717) is 0 Å².